The summed E-state index contributed by atoms with van der Waals surface area (Å²) in [5, 5.41) is 0. The zero-order valence-electron chi connectivity index (χ0n) is 16.7. The fourth-order valence-corrected chi connectivity index (χ4v) is 4.15. The molecule has 0 atom stereocenters. The van der Waals surface area contributed by atoms with Gasteiger partial charge in [0.05, 0.1) is 16.8 Å². The van der Waals surface area contributed by atoms with E-state index in [9.17, 15) is 4.79 Å². The van der Waals surface area contributed by atoms with Crippen molar-refractivity contribution in [1.82, 2.24) is 4.57 Å². The lowest BCUT2D eigenvalue weighted by Gasteiger charge is -2.06. The summed E-state index contributed by atoms with van der Waals surface area (Å²) in [6.45, 7) is 3.83. The van der Waals surface area contributed by atoms with Gasteiger partial charge in [0.15, 0.2) is 4.80 Å². The third-order valence-electron chi connectivity index (χ3n) is 4.51. The number of thiazole rings is 1. The van der Waals surface area contributed by atoms with Gasteiger partial charge in [-0.3, -0.25) is 4.79 Å². The molecular formula is C24H22N2O3S. The number of hydrogen-bond donors (Lipinski definition) is 0. The first-order valence-electron chi connectivity index (χ1n) is 9.83. The van der Waals surface area contributed by atoms with Crippen LogP contribution >= 0.6 is 11.3 Å². The Bertz CT molecular complexity index is 1210. The maximum Gasteiger partial charge on any atom is 0.279 e. The number of amides is 1. The highest BCUT2D eigenvalue weighted by Crippen LogP contribution is 2.22. The summed E-state index contributed by atoms with van der Waals surface area (Å²) in [4.78, 5) is 18.0. The van der Waals surface area contributed by atoms with Crippen LogP contribution < -0.4 is 9.54 Å². The Balaban J connectivity index is 1.65. The smallest absolute Gasteiger partial charge is 0.279 e. The summed E-state index contributed by atoms with van der Waals surface area (Å²) in [6.07, 6.45) is 0. The zero-order chi connectivity index (χ0) is 20.8. The van der Waals surface area contributed by atoms with Crippen molar-refractivity contribution in [2.24, 2.45) is 4.99 Å². The number of nitrogens with zero attached hydrogens (tertiary/aromatic N) is 2. The topological polar surface area (TPSA) is 52.8 Å². The van der Waals surface area contributed by atoms with Crippen LogP contribution in [0.25, 0.3) is 10.2 Å². The summed E-state index contributed by atoms with van der Waals surface area (Å²) >= 11 is 1.50. The summed E-state index contributed by atoms with van der Waals surface area (Å²) in [5.41, 5.74) is 1.53. The molecule has 0 bridgehead atoms. The van der Waals surface area contributed by atoms with Crippen molar-refractivity contribution in [3.63, 3.8) is 0 Å². The van der Waals surface area contributed by atoms with Crippen LogP contribution in [-0.4, -0.2) is 23.7 Å². The summed E-state index contributed by atoms with van der Waals surface area (Å²) in [6, 6.07) is 24.6. The molecule has 0 N–H and O–H groups in total. The quantitative estimate of drug-likeness (QED) is 0.384. The molecule has 1 amide bonds. The molecule has 3 aromatic carbocycles. The van der Waals surface area contributed by atoms with Crippen molar-refractivity contribution >= 4 is 27.5 Å². The van der Waals surface area contributed by atoms with Gasteiger partial charge >= 0.3 is 0 Å². The molecule has 152 valence electrons. The number of fused-ring (bicyclic) bond motifs is 1. The third-order valence-corrected chi connectivity index (χ3v) is 5.57. The van der Waals surface area contributed by atoms with Gasteiger partial charge in [0.2, 0.25) is 0 Å². The van der Waals surface area contributed by atoms with Crippen LogP contribution in [0.1, 0.15) is 17.3 Å². The second-order valence-corrected chi connectivity index (χ2v) is 7.57. The average molecular weight is 419 g/mol. The second kappa shape index (κ2) is 9.52. The van der Waals surface area contributed by atoms with Crippen LogP contribution in [-0.2, 0) is 11.3 Å². The minimum atomic E-state index is -0.301. The van der Waals surface area contributed by atoms with Gasteiger partial charge < -0.3 is 14.0 Å². The van der Waals surface area contributed by atoms with Gasteiger partial charge in [-0.2, -0.15) is 4.99 Å². The number of hydrogen-bond acceptors (Lipinski definition) is 4. The predicted octanol–water partition coefficient (Wildman–Crippen LogP) is 5.27. The highest BCUT2D eigenvalue weighted by Gasteiger charge is 2.10. The normalized spacial score (nSPS) is 11.7. The molecule has 0 aliphatic rings. The maximum atomic E-state index is 12.9. The fourth-order valence-electron chi connectivity index (χ4n) is 3.09. The van der Waals surface area contributed by atoms with E-state index in [1.165, 1.54) is 11.3 Å². The molecule has 1 aromatic heterocycles. The van der Waals surface area contributed by atoms with E-state index < -0.39 is 0 Å². The Hall–Kier alpha value is -3.22. The average Bonchev–Trinajstić information content (AvgIpc) is 3.12. The molecule has 0 aliphatic carbocycles. The van der Waals surface area contributed by atoms with Gasteiger partial charge in [0.25, 0.3) is 5.91 Å². The van der Waals surface area contributed by atoms with E-state index in [0.717, 1.165) is 16.0 Å². The molecule has 0 aliphatic heterocycles. The van der Waals surface area contributed by atoms with Crippen LogP contribution in [0.15, 0.2) is 83.9 Å². The zero-order valence-corrected chi connectivity index (χ0v) is 17.5. The Kier molecular flexibility index (Phi) is 6.37. The molecule has 1 heterocycles. The van der Waals surface area contributed by atoms with Gasteiger partial charge in [0.1, 0.15) is 11.5 Å². The molecular weight excluding hydrogens is 396 g/mol. The predicted molar refractivity (Wildman–Crippen MR) is 119 cm³/mol. The molecule has 6 heteroatoms. The molecule has 30 heavy (non-hydrogen) atoms. The monoisotopic (exact) mass is 418 g/mol. The van der Waals surface area contributed by atoms with Crippen LogP contribution in [0.4, 0.5) is 0 Å². The summed E-state index contributed by atoms with van der Waals surface area (Å²) in [5.74, 6) is 1.02. The molecule has 0 saturated carbocycles. The third kappa shape index (κ3) is 4.67. The lowest BCUT2D eigenvalue weighted by molar-refractivity contribution is 0.0996. The van der Waals surface area contributed by atoms with E-state index in [1.54, 1.807) is 18.2 Å². The lowest BCUT2D eigenvalue weighted by atomic mass is 10.2. The minimum Gasteiger partial charge on any atom is -0.457 e. The maximum absolute atomic E-state index is 12.9. The van der Waals surface area contributed by atoms with Crippen molar-refractivity contribution in [3.8, 4) is 11.5 Å². The van der Waals surface area contributed by atoms with Crippen molar-refractivity contribution in [3.05, 3.63) is 89.2 Å². The molecule has 0 unspecified atom stereocenters. The highest BCUT2D eigenvalue weighted by atomic mass is 32.1. The molecule has 0 spiro atoms. The number of rotatable bonds is 7. The lowest BCUT2D eigenvalue weighted by Crippen LogP contribution is -2.19. The first kappa shape index (κ1) is 20.1. The van der Waals surface area contributed by atoms with E-state index in [2.05, 4.69) is 4.99 Å². The highest BCUT2D eigenvalue weighted by molar-refractivity contribution is 7.16. The molecule has 4 rings (SSSR count). The van der Waals surface area contributed by atoms with Crippen molar-refractivity contribution < 1.29 is 14.3 Å². The van der Waals surface area contributed by atoms with Crippen LogP contribution in [0.3, 0.4) is 0 Å². The SMILES string of the molecule is CCOCCn1c(=NC(=O)c2cccc(Oc3ccccc3)c2)sc2ccccc21. The van der Waals surface area contributed by atoms with Crippen LogP contribution in [0.5, 0.6) is 11.5 Å². The number of benzene rings is 3. The molecule has 0 saturated heterocycles. The molecule has 0 fully saturated rings. The summed E-state index contributed by atoms with van der Waals surface area (Å²) in [7, 11) is 0. The Labute approximate surface area is 178 Å². The standard InChI is InChI=1S/C24H22N2O3S/c1-2-28-16-15-26-21-13-6-7-14-22(21)30-24(26)25-23(27)18-9-8-12-20(17-18)29-19-10-4-3-5-11-19/h3-14,17H,2,15-16H2,1H3. The van der Waals surface area contributed by atoms with Crippen LogP contribution in [0.2, 0.25) is 0 Å². The van der Waals surface area contributed by atoms with Crippen LogP contribution in [0, 0.1) is 0 Å². The number of ether oxygens (including phenoxy) is 2. The van der Waals surface area contributed by atoms with Crippen molar-refractivity contribution in [2.45, 2.75) is 13.5 Å². The number of carbonyl (C=O) groups is 1. The van der Waals surface area contributed by atoms with E-state index in [-0.39, 0.29) is 5.91 Å². The van der Waals surface area contributed by atoms with Gasteiger partial charge in [-0.05, 0) is 49.4 Å². The first-order chi connectivity index (χ1) is 14.7. The number of carbonyl (C=O) groups excluding carboxylic acids is 1. The largest absolute Gasteiger partial charge is 0.457 e. The van der Waals surface area contributed by atoms with Gasteiger partial charge in [-0.15, -0.1) is 0 Å². The minimum absolute atomic E-state index is 0.301. The van der Waals surface area contributed by atoms with E-state index >= 15 is 0 Å². The molecule has 0 radical (unpaired) electrons. The molecule has 4 aromatic rings. The van der Waals surface area contributed by atoms with Gasteiger partial charge in [-0.1, -0.05) is 47.7 Å². The second-order valence-electron chi connectivity index (χ2n) is 6.56. The van der Waals surface area contributed by atoms with E-state index in [1.807, 2.05) is 72.2 Å². The molecule has 5 nitrogen and oxygen atoms in total. The first-order valence-corrected chi connectivity index (χ1v) is 10.6. The van der Waals surface area contributed by atoms with Gasteiger partial charge in [0, 0.05) is 18.7 Å². The number of para-hydroxylation sites is 2. The Morgan fingerprint density at radius 3 is 2.57 bits per heavy atom. The Morgan fingerprint density at radius 1 is 0.967 bits per heavy atom. The summed E-state index contributed by atoms with van der Waals surface area (Å²) < 4.78 is 14.5. The number of aromatic nitrogens is 1. The Morgan fingerprint density at radius 2 is 1.73 bits per heavy atom. The van der Waals surface area contributed by atoms with Crippen molar-refractivity contribution in [1.29, 1.82) is 0 Å². The fraction of sp³-hybridized carbons (Fsp3) is 0.167. The van der Waals surface area contributed by atoms with E-state index in [4.69, 9.17) is 9.47 Å². The van der Waals surface area contributed by atoms with Crippen molar-refractivity contribution in [2.75, 3.05) is 13.2 Å². The van der Waals surface area contributed by atoms with E-state index in [0.29, 0.717) is 35.9 Å². The van der Waals surface area contributed by atoms with Gasteiger partial charge in [-0.25, -0.2) is 0 Å².